The van der Waals surface area contributed by atoms with Crippen molar-refractivity contribution in [3.63, 3.8) is 0 Å². The first-order valence-corrected chi connectivity index (χ1v) is 11.0. The van der Waals surface area contributed by atoms with Crippen molar-refractivity contribution in [2.24, 2.45) is 5.92 Å². The molecule has 0 saturated carbocycles. The summed E-state index contributed by atoms with van der Waals surface area (Å²) in [6, 6.07) is 11.1. The number of nitriles is 1. The molecule has 3 N–H and O–H groups in total. The molecule has 0 bridgehead atoms. The fourth-order valence-corrected chi connectivity index (χ4v) is 3.68. The predicted octanol–water partition coefficient (Wildman–Crippen LogP) is 1.23. The monoisotopic (exact) mass is 441 g/mol. The summed E-state index contributed by atoms with van der Waals surface area (Å²) in [5.74, 6) is -1.33. The maximum Gasteiger partial charge on any atom is 0.475 e. The molecule has 1 aromatic rings. The van der Waals surface area contributed by atoms with Gasteiger partial charge in [-0.25, -0.2) is 0 Å². The molecule has 1 aromatic carbocycles. The average Bonchev–Trinajstić information content (AvgIpc) is 3.23. The number of likely N-dealkylation sites (tertiary alicyclic amines) is 1. The van der Waals surface area contributed by atoms with Crippen LogP contribution in [0.3, 0.4) is 0 Å². The van der Waals surface area contributed by atoms with Crippen molar-refractivity contribution in [1.82, 2.24) is 10.2 Å². The van der Waals surface area contributed by atoms with Crippen LogP contribution in [-0.4, -0.2) is 65.6 Å². The Kier molecular flexibility index (Phi) is 10.4. The summed E-state index contributed by atoms with van der Waals surface area (Å²) in [5.41, 5.74) is 1.04. The average molecular weight is 441 g/mol. The van der Waals surface area contributed by atoms with E-state index in [4.69, 9.17) is 4.74 Å². The van der Waals surface area contributed by atoms with Crippen molar-refractivity contribution in [2.45, 2.75) is 51.5 Å². The molecule has 1 aliphatic heterocycles. The lowest BCUT2D eigenvalue weighted by Gasteiger charge is -2.24. The third-order valence-electron chi connectivity index (χ3n) is 5.28. The van der Waals surface area contributed by atoms with Crippen LogP contribution in [0.2, 0.25) is 0 Å². The number of nitrogens with zero attached hydrogens (tertiary/aromatic N) is 2. The van der Waals surface area contributed by atoms with Crippen LogP contribution in [0, 0.1) is 17.2 Å². The zero-order chi connectivity index (χ0) is 23.5. The van der Waals surface area contributed by atoms with Gasteiger partial charge in [-0.15, -0.1) is 0 Å². The Labute approximate surface area is 190 Å². The van der Waals surface area contributed by atoms with Gasteiger partial charge in [0.2, 0.25) is 5.91 Å². The minimum atomic E-state index is -1.67. The molecule has 0 spiro atoms. The molecule has 8 nitrogen and oxygen atoms in total. The van der Waals surface area contributed by atoms with Gasteiger partial charge in [0.15, 0.2) is 0 Å². The van der Waals surface area contributed by atoms with Crippen LogP contribution in [0.25, 0.3) is 0 Å². The molecule has 1 heterocycles. The van der Waals surface area contributed by atoms with Crippen LogP contribution in [-0.2, 0) is 20.7 Å². The van der Waals surface area contributed by atoms with E-state index in [9.17, 15) is 24.9 Å². The van der Waals surface area contributed by atoms with E-state index in [1.807, 2.05) is 50.2 Å². The topological polar surface area (TPSA) is 123 Å². The third-order valence-corrected chi connectivity index (χ3v) is 5.28. The second-order valence-electron chi connectivity index (χ2n) is 8.33. The van der Waals surface area contributed by atoms with E-state index in [1.54, 1.807) is 11.0 Å². The number of nitrogens with one attached hydrogen (secondary N) is 1. The molecule has 32 heavy (non-hydrogen) atoms. The van der Waals surface area contributed by atoms with Gasteiger partial charge in [-0.3, -0.25) is 9.59 Å². The standard InChI is InChI=1S/C23H32BN3O5/c1-17(2)13-19(15-25)23(29)27-11-6-9-20(27)16-32-12-10-22(28)26-21(24(30)31)14-18-7-4-3-5-8-18/h3-5,7-8,13,17,20-21,30-31H,6,9-12,14,16H2,1-2H3,(H,26,28)/t20-,21?/m1/s1. The second kappa shape index (κ2) is 13.0. The molecular formula is C23H32BN3O5. The second-order valence-corrected chi connectivity index (χ2v) is 8.33. The molecule has 1 saturated heterocycles. The van der Waals surface area contributed by atoms with Crippen molar-refractivity contribution >= 4 is 18.9 Å². The summed E-state index contributed by atoms with van der Waals surface area (Å²) in [7, 11) is -1.67. The van der Waals surface area contributed by atoms with Crippen molar-refractivity contribution < 1.29 is 24.4 Å². The maximum absolute atomic E-state index is 12.7. The summed E-state index contributed by atoms with van der Waals surface area (Å²) in [5, 5.41) is 31.1. The Bertz CT molecular complexity index is 823. The van der Waals surface area contributed by atoms with E-state index in [1.165, 1.54) is 0 Å². The van der Waals surface area contributed by atoms with Gasteiger partial charge in [-0.2, -0.15) is 5.26 Å². The molecule has 1 unspecified atom stereocenters. The number of benzene rings is 1. The summed E-state index contributed by atoms with van der Waals surface area (Å²) in [6.07, 6.45) is 3.67. The number of allylic oxidation sites excluding steroid dienone is 1. The van der Waals surface area contributed by atoms with Gasteiger partial charge in [-0.1, -0.05) is 50.3 Å². The fraction of sp³-hybridized carbons (Fsp3) is 0.522. The quantitative estimate of drug-likeness (QED) is 0.206. The van der Waals surface area contributed by atoms with E-state index < -0.39 is 13.1 Å². The molecule has 0 radical (unpaired) electrons. The summed E-state index contributed by atoms with van der Waals surface area (Å²) in [6.45, 7) is 4.85. The maximum atomic E-state index is 12.7. The predicted molar refractivity (Wildman–Crippen MR) is 121 cm³/mol. The first kappa shape index (κ1) is 25.6. The van der Waals surface area contributed by atoms with E-state index in [0.717, 1.165) is 18.4 Å². The number of carbonyl (C=O) groups is 2. The molecule has 2 rings (SSSR count). The first-order valence-electron chi connectivity index (χ1n) is 11.0. The highest BCUT2D eigenvalue weighted by Gasteiger charge is 2.31. The van der Waals surface area contributed by atoms with E-state index in [-0.39, 0.29) is 49.0 Å². The fourth-order valence-electron chi connectivity index (χ4n) is 3.68. The highest BCUT2D eigenvalue weighted by Crippen LogP contribution is 2.20. The van der Waals surface area contributed by atoms with Gasteiger partial charge in [0.1, 0.15) is 11.6 Å². The number of ether oxygens (including phenoxy) is 1. The SMILES string of the molecule is CC(C)C=C(C#N)C(=O)N1CCC[C@@H]1COCCC(=O)NC(Cc1ccccc1)B(O)O. The van der Waals surface area contributed by atoms with E-state index in [0.29, 0.717) is 13.0 Å². The molecule has 0 aliphatic carbocycles. The minimum absolute atomic E-state index is 0.0649. The Morgan fingerprint density at radius 2 is 2.06 bits per heavy atom. The molecule has 9 heteroatoms. The molecular weight excluding hydrogens is 409 g/mol. The lowest BCUT2D eigenvalue weighted by atomic mass is 9.76. The normalized spacial score (nSPS) is 17.2. The number of carbonyl (C=O) groups excluding carboxylic acids is 2. The Morgan fingerprint density at radius 3 is 2.69 bits per heavy atom. The van der Waals surface area contributed by atoms with Crippen molar-refractivity contribution in [3.05, 3.63) is 47.5 Å². The van der Waals surface area contributed by atoms with Crippen molar-refractivity contribution in [2.75, 3.05) is 19.8 Å². The molecule has 1 fully saturated rings. The van der Waals surface area contributed by atoms with Crippen LogP contribution in [0.4, 0.5) is 0 Å². The van der Waals surface area contributed by atoms with Crippen LogP contribution in [0.15, 0.2) is 42.0 Å². The van der Waals surface area contributed by atoms with Gasteiger partial charge < -0.3 is 25.0 Å². The smallest absolute Gasteiger partial charge is 0.426 e. The summed E-state index contributed by atoms with van der Waals surface area (Å²) >= 11 is 0. The number of hydrogen-bond donors (Lipinski definition) is 3. The number of hydrogen-bond acceptors (Lipinski definition) is 6. The Balaban J connectivity index is 1.78. The lowest BCUT2D eigenvalue weighted by Crippen LogP contribution is -2.48. The number of amides is 2. The van der Waals surface area contributed by atoms with Gasteiger partial charge in [0.05, 0.1) is 25.2 Å². The van der Waals surface area contributed by atoms with E-state index >= 15 is 0 Å². The lowest BCUT2D eigenvalue weighted by molar-refractivity contribution is -0.129. The molecule has 2 amide bonds. The molecule has 1 aliphatic rings. The molecule has 172 valence electrons. The zero-order valence-corrected chi connectivity index (χ0v) is 18.7. The number of rotatable bonds is 11. The highest BCUT2D eigenvalue weighted by atomic mass is 16.5. The molecule has 2 atom stereocenters. The van der Waals surface area contributed by atoms with Gasteiger partial charge in [0, 0.05) is 13.0 Å². The summed E-state index contributed by atoms with van der Waals surface area (Å²) in [4.78, 5) is 26.6. The largest absolute Gasteiger partial charge is 0.475 e. The minimum Gasteiger partial charge on any atom is -0.426 e. The van der Waals surface area contributed by atoms with Gasteiger partial charge in [0.25, 0.3) is 5.91 Å². The van der Waals surface area contributed by atoms with E-state index in [2.05, 4.69) is 5.32 Å². The zero-order valence-electron chi connectivity index (χ0n) is 18.7. The van der Waals surface area contributed by atoms with Crippen molar-refractivity contribution in [3.8, 4) is 6.07 Å². The summed E-state index contributed by atoms with van der Waals surface area (Å²) < 4.78 is 5.64. The van der Waals surface area contributed by atoms with Crippen LogP contribution < -0.4 is 5.32 Å². The van der Waals surface area contributed by atoms with Crippen LogP contribution in [0.1, 0.15) is 38.7 Å². The van der Waals surface area contributed by atoms with Gasteiger partial charge in [-0.05, 0) is 30.7 Å². The molecule has 0 aromatic heterocycles. The Morgan fingerprint density at radius 1 is 1.34 bits per heavy atom. The third kappa shape index (κ3) is 8.11. The van der Waals surface area contributed by atoms with Crippen molar-refractivity contribution in [1.29, 1.82) is 5.26 Å². The first-order chi connectivity index (χ1) is 15.3. The Hall–Kier alpha value is -2.67. The highest BCUT2D eigenvalue weighted by molar-refractivity contribution is 6.43. The van der Waals surface area contributed by atoms with Crippen LogP contribution in [0.5, 0.6) is 0 Å². The van der Waals surface area contributed by atoms with Crippen LogP contribution >= 0.6 is 0 Å². The van der Waals surface area contributed by atoms with Gasteiger partial charge >= 0.3 is 7.12 Å².